The van der Waals surface area contributed by atoms with Crippen molar-refractivity contribution in [1.82, 2.24) is 0 Å². The molecule has 4 heteroatoms. The summed E-state index contributed by atoms with van der Waals surface area (Å²) in [5.41, 5.74) is -0.253. The summed E-state index contributed by atoms with van der Waals surface area (Å²) in [7, 11) is 1.51. The van der Waals surface area contributed by atoms with E-state index in [0.717, 1.165) is 51.4 Å². The Hall–Kier alpha value is -1.45. The molecule has 0 radical (unpaired) electrons. The smallest absolute Gasteiger partial charge is 0.312 e. The van der Waals surface area contributed by atoms with Crippen molar-refractivity contribution in [3.8, 4) is 0 Å². The van der Waals surface area contributed by atoms with Crippen molar-refractivity contribution >= 4 is 17.5 Å². The minimum Gasteiger partial charge on any atom is -0.469 e. The van der Waals surface area contributed by atoms with Crippen molar-refractivity contribution in [3.63, 3.8) is 0 Å². The number of hydrogen-bond acceptors (Lipinski definition) is 4. The quantitative estimate of drug-likeness (QED) is 0.363. The van der Waals surface area contributed by atoms with Gasteiger partial charge < -0.3 is 4.74 Å². The molecule has 0 heterocycles. The zero-order valence-corrected chi connectivity index (χ0v) is 24.2. The molecule has 0 saturated heterocycles. The van der Waals surface area contributed by atoms with Crippen LogP contribution in [0.2, 0.25) is 0 Å². The van der Waals surface area contributed by atoms with Gasteiger partial charge in [-0.25, -0.2) is 0 Å². The molecule has 5 aliphatic carbocycles. The molecule has 5 rings (SSSR count). The molecule has 0 aromatic heterocycles. The highest BCUT2D eigenvalue weighted by Crippen LogP contribution is 2.77. The average molecular weight is 497 g/mol. The van der Waals surface area contributed by atoms with Crippen LogP contribution in [0.1, 0.15) is 113 Å². The van der Waals surface area contributed by atoms with E-state index >= 15 is 0 Å². The first-order chi connectivity index (χ1) is 16.5. The van der Waals surface area contributed by atoms with E-state index in [-0.39, 0.29) is 50.7 Å². The zero-order chi connectivity index (χ0) is 26.7. The summed E-state index contributed by atoms with van der Waals surface area (Å²) in [6, 6.07) is 0. The first-order valence-electron chi connectivity index (χ1n) is 14.3. The van der Waals surface area contributed by atoms with Crippen molar-refractivity contribution in [3.05, 3.63) is 11.6 Å². The van der Waals surface area contributed by atoms with Crippen LogP contribution in [-0.2, 0) is 19.1 Å². The third-order valence-corrected chi connectivity index (χ3v) is 13.8. The molecule has 0 aromatic rings. The summed E-state index contributed by atoms with van der Waals surface area (Å²) in [5.74, 6) is 0.335. The van der Waals surface area contributed by atoms with Crippen LogP contribution < -0.4 is 0 Å². The van der Waals surface area contributed by atoms with Gasteiger partial charge in [0.1, 0.15) is 5.78 Å². The molecule has 0 spiro atoms. The highest BCUT2D eigenvalue weighted by Gasteiger charge is 2.73. The van der Waals surface area contributed by atoms with Gasteiger partial charge >= 0.3 is 5.97 Å². The number of methoxy groups -OCH3 is 1. The molecule has 5 aliphatic rings. The van der Waals surface area contributed by atoms with Crippen LogP contribution in [0.5, 0.6) is 0 Å². The monoisotopic (exact) mass is 496 g/mol. The van der Waals surface area contributed by atoms with Gasteiger partial charge in [0.2, 0.25) is 0 Å². The van der Waals surface area contributed by atoms with Crippen LogP contribution in [0, 0.1) is 49.7 Å². The molecule has 0 aliphatic heterocycles. The number of fused-ring (bicyclic) bond motifs is 7. The normalized spacial score (nSPS) is 49.1. The Kier molecular flexibility index (Phi) is 5.34. The molecule has 7 atom stereocenters. The lowest BCUT2D eigenvalue weighted by Crippen LogP contribution is -2.68. The Morgan fingerprint density at radius 3 is 2.11 bits per heavy atom. The average Bonchev–Trinajstić information content (AvgIpc) is 2.80. The molecule has 0 aromatic carbocycles. The van der Waals surface area contributed by atoms with Crippen LogP contribution in [0.4, 0.5) is 0 Å². The lowest BCUT2D eigenvalue weighted by atomic mass is 9.31. The van der Waals surface area contributed by atoms with Gasteiger partial charge in [-0.15, -0.1) is 0 Å². The number of rotatable bonds is 1. The Balaban J connectivity index is 1.68. The van der Waals surface area contributed by atoms with Crippen LogP contribution in [0.3, 0.4) is 0 Å². The van der Waals surface area contributed by atoms with E-state index in [1.807, 2.05) is 6.08 Å². The van der Waals surface area contributed by atoms with E-state index in [0.29, 0.717) is 12.2 Å². The highest BCUT2D eigenvalue weighted by molar-refractivity contribution is 5.96. The number of carbonyl (C=O) groups excluding carboxylic acids is 3. The second-order valence-corrected chi connectivity index (χ2v) is 15.5. The van der Waals surface area contributed by atoms with Gasteiger partial charge in [0.25, 0.3) is 0 Å². The number of ketones is 2. The third-order valence-electron chi connectivity index (χ3n) is 13.8. The second kappa shape index (κ2) is 7.35. The van der Waals surface area contributed by atoms with Crippen molar-refractivity contribution in [2.24, 2.45) is 49.7 Å². The molecule has 0 bridgehead atoms. The minimum atomic E-state index is -0.544. The van der Waals surface area contributed by atoms with Gasteiger partial charge in [-0.3, -0.25) is 14.4 Å². The fraction of sp³-hybridized carbons (Fsp3) is 0.844. The van der Waals surface area contributed by atoms with E-state index in [4.69, 9.17) is 4.74 Å². The molecule has 7 unspecified atom stereocenters. The van der Waals surface area contributed by atoms with E-state index in [1.165, 1.54) is 12.7 Å². The van der Waals surface area contributed by atoms with Crippen LogP contribution in [-0.4, -0.2) is 24.6 Å². The maximum Gasteiger partial charge on any atom is 0.312 e. The molecular formula is C32H48O4. The first-order valence-corrected chi connectivity index (χ1v) is 14.3. The largest absolute Gasteiger partial charge is 0.469 e. The van der Waals surface area contributed by atoms with E-state index in [9.17, 15) is 14.4 Å². The summed E-state index contributed by atoms with van der Waals surface area (Å²) in [4.78, 5) is 40.9. The minimum absolute atomic E-state index is 0.0139. The molecule has 4 fully saturated rings. The predicted octanol–water partition coefficient (Wildman–Crippen LogP) is 7.10. The summed E-state index contributed by atoms with van der Waals surface area (Å²) in [6.07, 6.45) is 9.81. The van der Waals surface area contributed by atoms with E-state index in [2.05, 4.69) is 55.4 Å². The third kappa shape index (κ3) is 2.80. The Labute approximate surface area is 218 Å². The Morgan fingerprint density at radius 1 is 0.833 bits per heavy atom. The van der Waals surface area contributed by atoms with Gasteiger partial charge in [0, 0.05) is 17.8 Å². The maximum absolute atomic E-state index is 14.4. The molecule has 200 valence electrons. The van der Waals surface area contributed by atoms with Gasteiger partial charge in [0.15, 0.2) is 5.78 Å². The lowest BCUT2D eigenvalue weighted by Gasteiger charge is -2.72. The molecule has 4 saturated carbocycles. The fourth-order valence-corrected chi connectivity index (χ4v) is 10.5. The topological polar surface area (TPSA) is 60.4 Å². The predicted molar refractivity (Wildman–Crippen MR) is 141 cm³/mol. The molecular weight excluding hydrogens is 448 g/mol. The standard InChI is InChI=1S/C32H48O4/c1-26(2)12-16-32(25(35)36-9)17-14-30(7)24(20(32)19-26)21(33)18-22-28(30,5)13-15-31(8)27(3,4)23(34)10-11-29(22,31)6/h18,20,24H,10-17,19H2,1-9H3. The SMILES string of the molecule is COC(=O)C12CCC(C)(C)CC1C1C(=O)C=C3C(C)(CCC4(C)C(C)(C)C(=O)CCC34C)C1(C)CC2. The van der Waals surface area contributed by atoms with Crippen LogP contribution in [0.15, 0.2) is 11.6 Å². The second-order valence-electron chi connectivity index (χ2n) is 15.5. The summed E-state index contributed by atoms with van der Waals surface area (Å²) < 4.78 is 5.43. The maximum atomic E-state index is 14.4. The van der Waals surface area contributed by atoms with Gasteiger partial charge in [-0.05, 0) is 90.4 Å². The van der Waals surface area contributed by atoms with Crippen molar-refractivity contribution < 1.29 is 19.1 Å². The molecule has 4 nitrogen and oxygen atoms in total. The van der Waals surface area contributed by atoms with Crippen molar-refractivity contribution in [2.75, 3.05) is 7.11 Å². The number of carbonyl (C=O) groups is 3. The van der Waals surface area contributed by atoms with Crippen molar-refractivity contribution in [1.29, 1.82) is 0 Å². The highest BCUT2D eigenvalue weighted by atomic mass is 16.5. The number of hydrogen-bond donors (Lipinski definition) is 0. The number of ether oxygens (including phenoxy) is 1. The van der Waals surface area contributed by atoms with Crippen molar-refractivity contribution in [2.45, 2.75) is 113 Å². The van der Waals surface area contributed by atoms with E-state index < -0.39 is 10.8 Å². The summed E-state index contributed by atoms with van der Waals surface area (Å²) >= 11 is 0. The number of esters is 1. The van der Waals surface area contributed by atoms with Gasteiger partial charge in [-0.2, -0.15) is 0 Å². The van der Waals surface area contributed by atoms with E-state index in [1.54, 1.807) is 0 Å². The van der Waals surface area contributed by atoms with Crippen LogP contribution in [0.25, 0.3) is 0 Å². The van der Waals surface area contributed by atoms with Crippen LogP contribution >= 0.6 is 0 Å². The number of allylic oxidation sites excluding steroid dienone is 2. The fourth-order valence-electron chi connectivity index (χ4n) is 10.5. The first kappa shape index (κ1) is 26.2. The number of Topliss-reactive ketones (excluding diaryl/α,β-unsaturated/α-hetero) is 1. The molecule has 0 N–H and O–H groups in total. The molecule has 36 heavy (non-hydrogen) atoms. The Bertz CT molecular complexity index is 1070. The zero-order valence-electron chi connectivity index (χ0n) is 24.2. The lowest BCUT2D eigenvalue weighted by molar-refractivity contribution is -0.198. The van der Waals surface area contributed by atoms with Gasteiger partial charge in [-0.1, -0.05) is 61.0 Å². The summed E-state index contributed by atoms with van der Waals surface area (Å²) in [5, 5.41) is 0. The van der Waals surface area contributed by atoms with Gasteiger partial charge in [0.05, 0.1) is 12.5 Å². The Morgan fingerprint density at radius 2 is 1.47 bits per heavy atom. The molecule has 0 amide bonds. The summed E-state index contributed by atoms with van der Waals surface area (Å²) in [6.45, 7) is 18.3.